The van der Waals surface area contributed by atoms with E-state index in [-0.39, 0.29) is 31.6 Å². The molecule has 0 aromatic carbocycles. The molecular weight excluding hydrogens is 341 g/mol. The van der Waals surface area contributed by atoms with Gasteiger partial charge in [0.25, 0.3) is 0 Å². The molecule has 0 N–H and O–H groups in total. The average Bonchev–Trinajstić information content (AvgIpc) is 3.15. The van der Waals surface area contributed by atoms with Crippen LogP contribution in [0, 0.1) is 0 Å². The van der Waals surface area contributed by atoms with Crippen molar-refractivity contribution in [2.75, 3.05) is 6.61 Å². The first-order valence-electron chi connectivity index (χ1n) is 8.99. The minimum absolute atomic E-state index is 0.0677. The lowest BCUT2D eigenvalue weighted by Crippen LogP contribution is -2.55. The minimum Gasteiger partial charge on any atom is -0.461 e. The summed E-state index contributed by atoms with van der Waals surface area (Å²) in [4.78, 5) is 36.4. The normalized spacial score (nSPS) is 28.7. The fourth-order valence-electron chi connectivity index (χ4n) is 4.12. The fraction of sp³-hybridized carbons (Fsp3) is 0.688. The number of esters is 1. The zero-order valence-corrected chi connectivity index (χ0v) is 15.1. The number of carbonyl (C=O) groups is 1. The van der Waals surface area contributed by atoms with Gasteiger partial charge in [0.05, 0.1) is 12.2 Å². The zero-order valence-electron chi connectivity index (χ0n) is 15.1. The van der Waals surface area contributed by atoms with Gasteiger partial charge in [0.1, 0.15) is 18.7 Å². The molecule has 1 aliphatic carbocycles. The summed E-state index contributed by atoms with van der Waals surface area (Å²) in [5, 5.41) is 0. The number of hydrogen-bond donors (Lipinski definition) is 0. The Morgan fingerprint density at radius 2 is 1.92 bits per heavy atom. The van der Waals surface area contributed by atoms with Gasteiger partial charge in [0.2, 0.25) is 0 Å². The average molecular weight is 363 g/mol. The van der Waals surface area contributed by atoms with Gasteiger partial charge in [-0.25, -0.2) is 23.5 Å². The number of ether oxygens (including phenoxy) is 1. The van der Waals surface area contributed by atoms with Gasteiger partial charge in [-0.3, -0.25) is 4.79 Å². The van der Waals surface area contributed by atoms with Crippen LogP contribution in [0.15, 0.2) is 21.2 Å². The highest BCUT2D eigenvalue weighted by Crippen LogP contribution is 2.45. The summed E-state index contributed by atoms with van der Waals surface area (Å²) >= 11 is 0. The highest BCUT2D eigenvalue weighted by atomic mass is 16.7. The molecule has 4 aliphatic rings. The van der Waals surface area contributed by atoms with Gasteiger partial charge in [-0.05, 0) is 11.9 Å². The second-order valence-electron chi connectivity index (χ2n) is 7.04. The number of carbonyl (C=O) groups excluding carboxylic acids is 1. The van der Waals surface area contributed by atoms with Crippen LogP contribution in [0.5, 0.6) is 0 Å². The van der Waals surface area contributed by atoms with Crippen molar-refractivity contribution >= 4 is 13.1 Å². The lowest BCUT2D eigenvalue weighted by molar-refractivity contribution is -0.140. The van der Waals surface area contributed by atoms with E-state index in [2.05, 4.69) is 6.92 Å². The molecule has 3 aliphatic heterocycles. The van der Waals surface area contributed by atoms with Crippen LogP contribution < -0.4 is 11.4 Å². The third-order valence-corrected chi connectivity index (χ3v) is 5.33. The van der Waals surface area contributed by atoms with Crippen LogP contribution in [0.25, 0.3) is 0 Å². The second kappa shape index (κ2) is 6.28. The second-order valence-corrected chi connectivity index (χ2v) is 7.04. The van der Waals surface area contributed by atoms with Gasteiger partial charge in [0, 0.05) is 14.0 Å². The topological polar surface area (TPSA) is 93.7 Å². The van der Waals surface area contributed by atoms with E-state index in [1.807, 2.05) is 6.08 Å². The molecular formula is C16H22BN3O6. The Morgan fingerprint density at radius 3 is 2.62 bits per heavy atom. The van der Waals surface area contributed by atoms with Crippen LogP contribution in [0.1, 0.15) is 38.8 Å². The molecule has 4 unspecified atom stereocenters. The van der Waals surface area contributed by atoms with Crippen LogP contribution in [-0.4, -0.2) is 45.8 Å². The van der Waals surface area contributed by atoms with E-state index >= 15 is 0 Å². The van der Waals surface area contributed by atoms with Crippen molar-refractivity contribution in [1.29, 1.82) is 0 Å². The van der Waals surface area contributed by atoms with Crippen molar-refractivity contribution < 1.29 is 18.8 Å². The van der Waals surface area contributed by atoms with Crippen molar-refractivity contribution in [3.8, 4) is 0 Å². The van der Waals surface area contributed by atoms with Crippen molar-refractivity contribution in [2.45, 2.75) is 57.3 Å². The van der Waals surface area contributed by atoms with Gasteiger partial charge >= 0.3 is 24.5 Å². The van der Waals surface area contributed by atoms with Crippen molar-refractivity contribution in [2.24, 2.45) is 7.05 Å². The number of hydrogen-bond acceptors (Lipinski definition) is 6. The molecule has 0 spiro atoms. The lowest BCUT2D eigenvalue weighted by atomic mass is 9.83. The summed E-state index contributed by atoms with van der Waals surface area (Å²) in [6.45, 7) is 3.50. The first kappa shape index (κ1) is 17.4. The van der Waals surface area contributed by atoms with E-state index in [9.17, 15) is 14.4 Å². The van der Waals surface area contributed by atoms with E-state index in [1.54, 1.807) is 0 Å². The van der Waals surface area contributed by atoms with E-state index in [0.717, 1.165) is 29.3 Å². The highest BCUT2D eigenvalue weighted by Gasteiger charge is 2.56. The van der Waals surface area contributed by atoms with E-state index in [1.165, 1.54) is 23.3 Å². The van der Waals surface area contributed by atoms with E-state index in [4.69, 9.17) is 14.0 Å². The summed E-state index contributed by atoms with van der Waals surface area (Å²) in [5.74, 6) is -0.397. The standard InChI is InChI=1S/C16H22BN3O6/c1-4-5-6-17-25-13-11-7-10(8-24-9(2)21)12(14(13)26-17)20-16(23)18(3)15(22)19(11)20/h7,11-14H,4-6,8H2,1-3H3. The van der Waals surface area contributed by atoms with Crippen LogP contribution in [0.4, 0.5) is 0 Å². The van der Waals surface area contributed by atoms with E-state index < -0.39 is 23.7 Å². The Bertz CT molecular complexity index is 884. The predicted octanol–water partition coefficient (Wildman–Crippen LogP) is 0.0197. The molecule has 1 aromatic heterocycles. The monoisotopic (exact) mass is 363 g/mol. The van der Waals surface area contributed by atoms with Gasteiger partial charge < -0.3 is 14.0 Å². The van der Waals surface area contributed by atoms with Crippen LogP contribution in [0.3, 0.4) is 0 Å². The summed E-state index contributed by atoms with van der Waals surface area (Å²) in [5.41, 5.74) is -0.0248. The Kier molecular flexibility index (Phi) is 4.19. The molecule has 1 aromatic rings. The molecule has 0 amide bonds. The third-order valence-electron chi connectivity index (χ3n) is 5.33. The molecule has 2 bridgehead atoms. The molecule has 4 heterocycles. The molecule has 10 heteroatoms. The van der Waals surface area contributed by atoms with Crippen LogP contribution >= 0.6 is 0 Å². The van der Waals surface area contributed by atoms with Gasteiger partial charge in [-0.15, -0.1) is 0 Å². The largest absolute Gasteiger partial charge is 0.461 e. The number of unbranched alkanes of at least 4 members (excludes halogenated alkanes) is 1. The maximum atomic E-state index is 12.6. The first-order chi connectivity index (χ1) is 12.4. The number of rotatable bonds is 5. The summed E-state index contributed by atoms with van der Waals surface area (Å²) < 4.78 is 21.3. The number of aromatic nitrogens is 3. The van der Waals surface area contributed by atoms with Gasteiger partial charge in [-0.1, -0.05) is 25.8 Å². The molecule has 26 heavy (non-hydrogen) atoms. The molecule has 140 valence electrons. The Labute approximate surface area is 150 Å². The third kappa shape index (κ3) is 2.43. The molecule has 4 atom stereocenters. The van der Waals surface area contributed by atoms with Crippen molar-refractivity contribution in [3.05, 3.63) is 32.6 Å². The molecule has 0 saturated carbocycles. The Hall–Kier alpha value is -2.07. The Balaban J connectivity index is 1.74. The van der Waals surface area contributed by atoms with Gasteiger partial charge in [0.15, 0.2) is 0 Å². The van der Waals surface area contributed by atoms with E-state index in [0.29, 0.717) is 0 Å². The minimum atomic E-state index is -0.516. The maximum absolute atomic E-state index is 12.6. The maximum Gasteiger partial charge on any atom is 0.457 e. The smallest absolute Gasteiger partial charge is 0.457 e. The number of nitrogens with zero attached hydrogens (tertiary/aromatic N) is 3. The first-order valence-corrected chi connectivity index (χ1v) is 8.99. The summed E-state index contributed by atoms with van der Waals surface area (Å²) in [6.07, 6.45) is 3.94. The van der Waals surface area contributed by atoms with Crippen LogP contribution in [-0.2, 0) is 25.9 Å². The molecule has 0 radical (unpaired) electrons. The molecule has 5 rings (SSSR count). The predicted molar refractivity (Wildman–Crippen MR) is 91.9 cm³/mol. The Morgan fingerprint density at radius 1 is 1.23 bits per heavy atom. The molecule has 1 saturated heterocycles. The van der Waals surface area contributed by atoms with Gasteiger partial charge in [-0.2, -0.15) is 0 Å². The summed E-state index contributed by atoms with van der Waals surface area (Å²) in [7, 11) is 1.11. The molecule has 1 fully saturated rings. The lowest BCUT2D eigenvalue weighted by Gasteiger charge is -2.44. The highest BCUT2D eigenvalue weighted by molar-refractivity contribution is 6.45. The zero-order chi connectivity index (χ0) is 18.6. The molecule has 9 nitrogen and oxygen atoms in total. The summed E-state index contributed by atoms with van der Waals surface area (Å²) in [6, 6.07) is -0.971. The van der Waals surface area contributed by atoms with Crippen LogP contribution in [0.2, 0.25) is 6.32 Å². The van der Waals surface area contributed by atoms with Crippen molar-refractivity contribution in [3.63, 3.8) is 0 Å². The van der Waals surface area contributed by atoms with Crippen molar-refractivity contribution in [1.82, 2.24) is 13.9 Å². The fourth-order valence-corrected chi connectivity index (χ4v) is 4.12. The SMILES string of the molecule is CCCCB1OC2C(O1)C1C(COC(C)=O)=CC2n2c(=O)n(C)c(=O)n21. The quantitative estimate of drug-likeness (QED) is 0.416.